The lowest BCUT2D eigenvalue weighted by atomic mass is 9.76. The van der Waals surface area contributed by atoms with Gasteiger partial charge in [-0.3, -0.25) is 34.2 Å². The summed E-state index contributed by atoms with van der Waals surface area (Å²) < 4.78 is 6.32. The van der Waals surface area contributed by atoms with E-state index in [4.69, 9.17) is 4.74 Å². The van der Waals surface area contributed by atoms with Crippen molar-refractivity contribution in [1.82, 2.24) is 10.2 Å². The lowest BCUT2D eigenvalue weighted by Crippen LogP contribution is -2.54. The molecule has 3 rings (SSSR count). The van der Waals surface area contributed by atoms with Crippen LogP contribution in [0.25, 0.3) is 0 Å². The Bertz CT molecular complexity index is 1220. The first-order chi connectivity index (χ1) is 19.4. The zero-order chi connectivity index (χ0) is 31.5. The van der Waals surface area contributed by atoms with Gasteiger partial charge in [-0.05, 0) is 74.2 Å². The third-order valence-corrected chi connectivity index (χ3v) is 9.06. The first-order valence-corrected chi connectivity index (χ1v) is 15.9. The fraction of sp³-hybridized carbons (Fsp3) is 0.656. The van der Waals surface area contributed by atoms with Gasteiger partial charge in [-0.1, -0.05) is 47.6 Å². The van der Waals surface area contributed by atoms with Crippen molar-refractivity contribution in [2.75, 3.05) is 23.4 Å². The normalized spacial score (nSPS) is 18.0. The summed E-state index contributed by atoms with van der Waals surface area (Å²) in [5.74, 6) is -1.07. The highest BCUT2D eigenvalue weighted by Gasteiger charge is 2.45. The number of amides is 5. The van der Waals surface area contributed by atoms with Crippen LogP contribution in [0.1, 0.15) is 108 Å². The van der Waals surface area contributed by atoms with Crippen LogP contribution in [0.3, 0.4) is 0 Å². The van der Waals surface area contributed by atoms with Crippen LogP contribution < -0.4 is 10.6 Å². The minimum atomic E-state index is -1.06. The van der Waals surface area contributed by atoms with Crippen molar-refractivity contribution < 1.29 is 28.7 Å². The Labute approximate surface area is 254 Å². The van der Waals surface area contributed by atoms with Gasteiger partial charge in [0.05, 0.1) is 28.2 Å². The van der Waals surface area contributed by atoms with Gasteiger partial charge in [0.1, 0.15) is 6.04 Å². The molecule has 2 heterocycles. The number of hydrogen-bond donors (Lipinski definition) is 2. The molecule has 1 unspecified atom stereocenters. The second-order valence-corrected chi connectivity index (χ2v) is 15.2. The number of nitrogens with zero attached hydrogens (tertiary/aromatic N) is 1. The molecular weight excluding hydrogens is 554 g/mol. The molecule has 2 aliphatic rings. The largest absolute Gasteiger partial charge is 0.376 e. The quantitative estimate of drug-likeness (QED) is 0.273. The SMILES string of the molecule is CC(C)CC(C)(C)CC(C)(C)OCCC(C)(C)CSCC(=O)Nc1cccc2c1C(=O)N(C1CCC(=O)NC1=O)C2=O. The van der Waals surface area contributed by atoms with Gasteiger partial charge in [0.2, 0.25) is 17.7 Å². The van der Waals surface area contributed by atoms with Crippen LogP contribution in [0.4, 0.5) is 5.69 Å². The summed E-state index contributed by atoms with van der Waals surface area (Å²) in [4.78, 5) is 63.9. The van der Waals surface area contributed by atoms with Crippen molar-refractivity contribution in [1.29, 1.82) is 0 Å². The Kier molecular flexibility index (Phi) is 10.7. The molecule has 2 aliphatic heterocycles. The van der Waals surface area contributed by atoms with Crippen molar-refractivity contribution in [3.05, 3.63) is 29.3 Å². The Balaban J connectivity index is 1.51. The molecule has 1 saturated heterocycles. The summed E-state index contributed by atoms with van der Waals surface area (Å²) in [6, 6.07) is 3.61. The molecule has 9 nitrogen and oxygen atoms in total. The highest BCUT2D eigenvalue weighted by Crippen LogP contribution is 2.37. The minimum Gasteiger partial charge on any atom is -0.376 e. The van der Waals surface area contributed by atoms with E-state index in [1.807, 2.05) is 0 Å². The molecule has 232 valence electrons. The number of hydrogen-bond acceptors (Lipinski definition) is 7. The molecular formula is C32H47N3O6S. The van der Waals surface area contributed by atoms with Crippen molar-refractivity contribution in [2.45, 2.75) is 99.1 Å². The molecule has 1 aromatic carbocycles. The van der Waals surface area contributed by atoms with Crippen LogP contribution in [-0.2, 0) is 19.1 Å². The highest BCUT2D eigenvalue weighted by molar-refractivity contribution is 8.00. The molecule has 1 aromatic rings. The Morgan fingerprint density at radius 2 is 1.76 bits per heavy atom. The van der Waals surface area contributed by atoms with E-state index >= 15 is 0 Å². The lowest BCUT2D eigenvalue weighted by Gasteiger charge is -2.37. The van der Waals surface area contributed by atoms with Crippen LogP contribution >= 0.6 is 11.8 Å². The summed E-state index contributed by atoms with van der Waals surface area (Å²) in [5.41, 5.74) is 0.379. The average Bonchev–Trinajstić information content (AvgIpc) is 3.08. The maximum Gasteiger partial charge on any atom is 0.264 e. The number of carbonyl (C=O) groups is 5. The van der Waals surface area contributed by atoms with E-state index in [0.29, 0.717) is 12.5 Å². The molecule has 2 N–H and O–H groups in total. The third kappa shape index (κ3) is 8.89. The maximum atomic E-state index is 13.2. The molecule has 1 atom stereocenters. The van der Waals surface area contributed by atoms with Gasteiger partial charge >= 0.3 is 0 Å². The van der Waals surface area contributed by atoms with Gasteiger partial charge in [-0.25, -0.2) is 0 Å². The summed E-state index contributed by atoms with van der Waals surface area (Å²) in [5, 5.41) is 4.97. The van der Waals surface area contributed by atoms with Crippen molar-refractivity contribution in [3.8, 4) is 0 Å². The highest BCUT2D eigenvalue weighted by atomic mass is 32.2. The number of imide groups is 2. The number of fused-ring (bicyclic) bond motifs is 1. The number of rotatable bonds is 14. The lowest BCUT2D eigenvalue weighted by molar-refractivity contribution is -0.136. The summed E-state index contributed by atoms with van der Waals surface area (Å²) in [6.45, 7) is 18.4. The number of carbonyl (C=O) groups excluding carboxylic acids is 5. The van der Waals surface area contributed by atoms with E-state index in [2.05, 4.69) is 66.0 Å². The van der Waals surface area contributed by atoms with E-state index in [-0.39, 0.29) is 57.7 Å². The second kappa shape index (κ2) is 13.3. The van der Waals surface area contributed by atoms with E-state index < -0.39 is 29.7 Å². The van der Waals surface area contributed by atoms with Crippen molar-refractivity contribution >= 4 is 47.0 Å². The van der Waals surface area contributed by atoms with Crippen LogP contribution in [0.15, 0.2) is 18.2 Å². The van der Waals surface area contributed by atoms with Crippen molar-refractivity contribution in [3.63, 3.8) is 0 Å². The predicted molar refractivity (Wildman–Crippen MR) is 165 cm³/mol. The number of thioether (sulfide) groups is 1. The van der Waals surface area contributed by atoms with Crippen LogP contribution in [-0.4, -0.2) is 64.2 Å². The molecule has 5 amide bonds. The molecule has 0 radical (unpaired) electrons. The molecule has 0 spiro atoms. The van der Waals surface area contributed by atoms with E-state index in [9.17, 15) is 24.0 Å². The van der Waals surface area contributed by atoms with Crippen LogP contribution in [0.2, 0.25) is 0 Å². The average molecular weight is 602 g/mol. The van der Waals surface area contributed by atoms with Crippen LogP contribution in [0.5, 0.6) is 0 Å². The molecule has 0 saturated carbocycles. The van der Waals surface area contributed by atoms with E-state index in [0.717, 1.165) is 29.9 Å². The van der Waals surface area contributed by atoms with E-state index in [1.165, 1.54) is 17.8 Å². The molecule has 1 fully saturated rings. The van der Waals surface area contributed by atoms with Crippen molar-refractivity contribution in [2.24, 2.45) is 16.7 Å². The van der Waals surface area contributed by atoms with Gasteiger partial charge in [-0.2, -0.15) is 11.8 Å². The first kappa shape index (κ1) is 33.8. The molecule has 0 aromatic heterocycles. The zero-order valence-electron chi connectivity index (χ0n) is 26.3. The zero-order valence-corrected chi connectivity index (χ0v) is 27.2. The predicted octanol–water partition coefficient (Wildman–Crippen LogP) is 5.43. The molecule has 10 heteroatoms. The fourth-order valence-corrected chi connectivity index (χ4v) is 7.34. The van der Waals surface area contributed by atoms with Gasteiger partial charge in [0.15, 0.2) is 0 Å². The second-order valence-electron chi connectivity index (χ2n) is 14.2. The number of ether oxygens (including phenoxy) is 1. The number of anilines is 1. The summed E-state index contributed by atoms with van der Waals surface area (Å²) in [7, 11) is 0. The van der Waals surface area contributed by atoms with Crippen LogP contribution in [0, 0.1) is 16.7 Å². The fourth-order valence-electron chi connectivity index (χ4n) is 6.28. The first-order valence-electron chi connectivity index (χ1n) is 14.8. The maximum absolute atomic E-state index is 13.2. The molecule has 0 aliphatic carbocycles. The minimum absolute atomic E-state index is 0.0430. The molecule has 42 heavy (non-hydrogen) atoms. The number of benzene rings is 1. The number of nitrogens with one attached hydrogen (secondary N) is 2. The van der Waals surface area contributed by atoms with E-state index in [1.54, 1.807) is 12.1 Å². The van der Waals surface area contributed by atoms with Gasteiger partial charge < -0.3 is 10.1 Å². The van der Waals surface area contributed by atoms with Gasteiger partial charge in [-0.15, -0.1) is 0 Å². The van der Waals surface area contributed by atoms with Gasteiger partial charge in [0, 0.05) is 13.0 Å². The monoisotopic (exact) mass is 601 g/mol. The summed E-state index contributed by atoms with van der Waals surface area (Å²) in [6.07, 6.45) is 3.10. The smallest absolute Gasteiger partial charge is 0.264 e. The standard InChI is InChI=1S/C32H47N3O6S/c1-20(2)16-31(5,6)18-32(7,8)41-15-14-30(3,4)19-42-17-25(37)33-22-11-9-10-21-26(22)29(40)35(28(21)39)23-12-13-24(36)34-27(23)38/h9-11,20,23H,12-19H2,1-8H3,(H,33,37)(H,34,36,38). The van der Waals surface area contributed by atoms with Gasteiger partial charge in [0.25, 0.3) is 11.8 Å². The Morgan fingerprint density at radius 3 is 2.40 bits per heavy atom. The Morgan fingerprint density at radius 1 is 1.07 bits per heavy atom. The molecule has 0 bridgehead atoms. The number of piperidine rings is 1. The Hall–Kier alpha value is -2.72. The topological polar surface area (TPSA) is 122 Å². The summed E-state index contributed by atoms with van der Waals surface area (Å²) >= 11 is 1.51. The third-order valence-electron chi connectivity index (χ3n) is 7.60.